The molecule has 1 saturated carbocycles. The second-order valence-corrected chi connectivity index (χ2v) is 8.18. The van der Waals surface area contributed by atoms with E-state index in [0.29, 0.717) is 19.3 Å². The van der Waals surface area contributed by atoms with Crippen molar-refractivity contribution in [2.75, 3.05) is 39.5 Å². The smallest absolute Gasteiger partial charge is 0.276 e. The number of rotatable bonds is 6. The summed E-state index contributed by atoms with van der Waals surface area (Å²) < 4.78 is 10.8. The molecular formula is C20H28N4O3+2. The van der Waals surface area contributed by atoms with Crippen molar-refractivity contribution in [3.05, 3.63) is 23.8 Å². The molecule has 144 valence electrons. The minimum absolute atomic E-state index is 0.000158. The number of nitriles is 1. The number of nitrogens with zero attached hydrogens (tertiary/aromatic N) is 1. The Kier molecular flexibility index (Phi) is 4.94. The van der Waals surface area contributed by atoms with E-state index >= 15 is 0 Å². The summed E-state index contributed by atoms with van der Waals surface area (Å²) in [6.07, 6.45) is 2.08. The van der Waals surface area contributed by atoms with Crippen molar-refractivity contribution in [3.8, 4) is 17.6 Å². The molecule has 4 rings (SSSR count). The predicted molar refractivity (Wildman–Crippen MR) is 97.4 cm³/mol. The molecule has 0 spiro atoms. The third kappa shape index (κ3) is 4.18. The summed E-state index contributed by atoms with van der Waals surface area (Å²) in [5.74, 6) is 1.98. The van der Waals surface area contributed by atoms with Gasteiger partial charge >= 0.3 is 0 Å². The molecule has 7 heteroatoms. The van der Waals surface area contributed by atoms with E-state index in [1.54, 1.807) is 0 Å². The van der Waals surface area contributed by atoms with Crippen molar-refractivity contribution in [2.45, 2.75) is 31.8 Å². The van der Waals surface area contributed by atoms with Crippen LogP contribution in [0.15, 0.2) is 18.2 Å². The molecule has 2 heterocycles. The number of carbonyl (C=O) groups is 1. The molecule has 27 heavy (non-hydrogen) atoms. The van der Waals surface area contributed by atoms with E-state index in [1.807, 2.05) is 13.0 Å². The Hall–Kier alpha value is -2.30. The van der Waals surface area contributed by atoms with E-state index in [0.717, 1.165) is 57.1 Å². The molecule has 1 aromatic carbocycles. The third-order valence-corrected chi connectivity index (χ3v) is 5.99. The summed E-state index contributed by atoms with van der Waals surface area (Å²) in [5, 5.41) is 12.4. The number of quaternary nitrogens is 2. The highest BCUT2D eigenvalue weighted by Crippen LogP contribution is 2.39. The van der Waals surface area contributed by atoms with Gasteiger partial charge in [-0.25, -0.2) is 0 Å². The van der Waals surface area contributed by atoms with E-state index in [-0.39, 0.29) is 5.91 Å². The van der Waals surface area contributed by atoms with Crippen LogP contribution in [-0.4, -0.2) is 51.0 Å². The van der Waals surface area contributed by atoms with Crippen LogP contribution in [0.25, 0.3) is 0 Å². The number of piperazine rings is 1. The molecule has 1 amide bonds. The molecule has 1 saturated heterocycles. The topological polar surface area (TPSA) is 80.2 Å². The van der Waals surface area contributed by atoms with Gasteiger partial charge in [-0.1, -0.05) is 0 Å². The number of hydrogen-bond acceptors (Lipinski definition) is 4. The van der Waals surface area contributed by atoms with Gasteiger partial charge in [0.25, 0.3) is 5.91 Å². The maximum absolute atomic E-state index is 12.4. The van der Waals surface area contributed by atoms with Crippen LogP contribution in [0.5, 0.6) is 11.5 Å². The first-order valence-corrected chi connectivity index (χ1v) is 9.83. The molecule has 0 aromatic heterocycles. The fourth-order valence-electron chi connectivity index (χ4n) is 4.09. The van der Waals surface area contributed by atoms with Gasteiger partial charge in [-0.15, -0.1) is 0 Å². The van der Waals surface area contributed by atoms with E-state index in [4.69, 9.17) is 9.47 Å². The molecule has 1 aromatic rings. The first kappa shape index (κ1) is 18.1. The van der Waals surface area contributed by atoms with Gasteiger partial charge in [-0.3, -0.25) is 4.79 Å². The second kappa shape index (κ2) is 7.37. The van der Waals surface area contributed by atoms with Gasteiger partial charge in [-0.05, 0) is 43.9 Å². The molecule has 2 fully saturated rings. The van der Waals surface area contributed by atoms with Gasteiger partial charge in [0, 0.05) is 5.56 Å². The van der Waals surface area contributed by atoms with Crippen LogP contribution in [0.2, 0.25) is 0 Å². The Bertz CT molecular complexity index is 750. The van der Waals surface area contributed by atoms with Crippen molar-refractivity contribution in [3.63, 3.8) is 0 Å². The molecule has 7 nitrogen and oxygen atoms in total. The van der Waals surface area contributed by atoms with E-state index in [9.17, 15) is 10.1 Å². The van der Waals surface area contributed by atoms with E-state index < -0.39 is 5.54 Å². The van der Waals surface area contributed by atoms with Gasteiger partial charge in [0.2, 0.25) is 6.79 Å². The van der Waals surface area contributed by atoms with E-state index in [2.05, 4.69) is 23.5 Å². The monoisotopic (exact) mass is 372 g/mol. The summed E-state index contributed by atoms with van der Waals surface area (Å²) in [7, 11) is 0. The summed E-state index contributed by atoms with van der Waals surface area (Å²) in [5.41, 5.74) is 0.563. The summed E-state index contributed by atoms with van der Waals surface area (Å²) in [6.45, 7) is 7.60. The molecule has 3 N–H and O–H groups in total. The standard InChI is InChI=1S/C20H26N4O3/c1-20(13-21,16-3-4-16)22-19(25)12-24-8-6-23(7-9-24)11-15-2-5-17-18(10-15)27-14-26-17/h2,5,10,16H,3-4,6-9,11-12,14H2,1H3,(H,22,25)/p+2/t20-/m1/s1. The number of ether oxygens (including phenoxy) is 2. The van der Waals surface area contributed by atoms with Crippen LogP contribution in [0.1, 0.15) is 25.3 Å². The Morgan fingerprint density at radius 1 is 1.22 bits per heavy atom. The van der Waals surface area contributed by atoms with Crippen molar-refractivity contribution in [1.29, 1.82) is 5.26 Å². The largest absolute Gasteiger partial charge is 0.454 e. The van der Waals surface area contributed by atoms with Crippen LogP contribution in [0.4, 0.5) is 0 Å². The van der Waals surface area contributed by atoms with E-state index in [1.165, 1.54) is 15.4 Å². The zero-order valence-electron chi connectivity index (χ0n) is 15.8. The molecule has 0 radical (unpaired) electrons. The molecule has 1 aliphatic carbocycles. The fraction of sp³-hybridized carbons (Fsp3) is 0.600. The lowest BCUT2D eigenvalue weighted by atomic mass is 9.98. The maximum atomic E-state index is 12.4. The number of fused-ring (bicyclic) bond motifs is 1. The average Bonchev–Trinajstić information content (AvgIpc) is 3.42. The molecule has 2 aliphatic heterocycles. The number of nitrogens with one attached hydrogen (secondary N) is 3. The van der Waals surface area contributed by atoms with Gasteiger partial charge < -0.3 is 24.6 Å². The van der Waals surface area contributed by atoms with Crippen LogP contribution in [0.3, 0.4) is 0 Å². The van der Waals surface area contributed by atoms with Crippen molar-refractivity contribution in [1.82, 2.24) is 5.32 Å². The normalized spacial score (nSPS) is 26.1. The number of amides is 1. The maximum Gasteiger partial charge on any atom is 0.276 e. The Balaban J connectivity index is 1.23. The molecular weight excluding hydrogens is 344 g/mol. The molecule has 0 unspecified atom stereocenters. The van der Waals surface area contributed by atoms with Crippen LogP contribution < -0.4 is 24.6 Å². The fourth-order valence-corrected chi connectivity index (χ4v) is 4.09. The third-order valence-electron chi connectivity index (χ3n) is 5.99. The van der Waals surface area contributed by atoms with Crippen molar-refractivity contribution < 1.29 is 24.1 Å². The highest BCUT2D eigenvalue weighted by molar-refractivity contribution is 5.78. The van der Waals surface area contributed by atoms with Crippen LogP contribution >= 0.6 is 0 Å². The Morgan fingerprint density at radius 3 is 2.63 bits per heavy atom. The molecule has 3 aliphatic rings. The number of carbonyl (C=O) groups excluding carboxylic acids is 1. The van der Waals surface area contributed by atoms with Crippen molar-refractivity contribution in [2.24, 2.45) is 5.92 Å². The molecule has 1 atom stereocenters. The zero-order chi connectivity index (χ0) is 18.9. The van der Waals surface area contributed by atoms with Crippen LogP contribution in [-0.2, 0) is 11.3 Å². The summed E-state index contributed by atoms with van der Waals surface area (Å²) in [6, 6.07) is 8.45. The minimum atomic E-state index is -0.692. The second-order valence-electron chi connectivity index (χ2n) is 8.18. The highest BCUT2D eigenvalue weighted by atomic mass is 16.7. The van der Waals surface area contributed by atoms with Gasteiger partial charge in [0.05, 0.1) is 6.07 Å². The SMILES string of the molecule is C[C@](C#N)(NC(=O)C[NH+]1CC[NH+](Cc2ccc3c(c2)OCO3)CC1)C1CC1. The predicted octanol–water partition coefficient (Wildman–Crippen LogP) is -1.49. The first-order chi connectivity index (χ1) is 13.1. The zero-order valence-corrected chi connectivity index (χ0v) is 15.8. The quantitative estimate of drug-likeness (QED) is 0.568. The summed E-state index contributed by atoms with van der Waals surface area (Å²) in [4.78, 5) is 15.2. The number of hydrogen-bond donors (Lipinski definition) is 3. The lowest BCUT2D eigenvalue weighted by Gasteiger charge is -2.30. The lowest BCUT2D eigenvalue weighted by molar-refractivity contribution is -1.02. The first-order valence-electron chi connectivity index (χ1n) is 9.83. The minimum Gasteiger partial charge on any atom is -0.454 e. The van der Waals surface area contributed by atoms with Gasteiger partial charge in [0.1, 0.15) is 38.3 Å². The number of benzene rings is 1. The Morgan fingerprint density at radius 2 is 1.93 bits per heavy atom. The highest BCUT2D eigenvalue weighted by Gasteiger charge is 2.43. The van der Waals surface area contributed by atoms with Gasteiger partial charge in [-0.2, -0.15) is 5.26 Å². The average molecular weight is 372 g/mol. The van der Waals surface area contributed by atoms with Gasteiger partial charge in [0.15, 0.2) is 18.0 Å². The van der Waals surface area contributed by atoms with Crippen LogP contribution in [0, 0.1) is 17.2 Å². The lowest BCUT2D eigenvalue weighted by Crippen LogP contribution is -3.28. The Labute approximate surface area is 159 Å². The van der Waals surface area contributed by atoms with Crippen molar-refractivity contribution >= 4 is 5.91 Å². The summed E-state index contributed by atoms with van der Waals surface area (Å²) >= 11 is 0. The molecule has 0 bridgehead atoms.